The Hall–Kier alpha value is 0.537. The normalized spacial score (nSPS) is 17.9. The molecule has 1 fully saturated rings. The third-order valence-corrected chi connectivity index (χ3v) is 2.84. The molecule has 6 heteroatoms. The quantitative estimate of drug-likeness (QED) is 0.322. The smallest absolute Gasteiger partial charge is 1.00 e. The Morgan fingerprint density at radius 1 is 1.21 bits per heavy atom. The third-order valence-electron chi connectivity index (χ3n) is 2.84. The number of aliphatic carboxylic acids is 2. The van der Waals surface area contributed by atoms with Crippen LogP contribution in [0.25, 0.3) is 0 Å². The van der Waals surface area contributed by atoms with Crippen LogP contribution in [0.4, 0.5) is 0 Å². The molecule has 0 radical (unpaired) electrons. The van der Waals surface area contributed by atoms with Crippen molar-refractivity contribution in [2.75, 3.05) is 0 Å². The average molecular weight is 274 g/mol. The summed E-state index contributed by atoms with van der Waals surface area (Å²) in [7, 11) is 0. The molecule has 102 valence electrons. The molecule has 0 aromatic rings. The van der Waals surface area contributed by atoms with Crippen molar-refractivity contribution in [2.24, 2.45) is 11.3 Å². The molecular formula is C13H24LiNaO4. The minimum absolute atomic E-state index is 0. The van der Waals surface area contributed by atoms with Crippen molar-refractivity contribution >= 4 is 11.9 Å². The van der Waals surface area contributed by atoms with Gasteiger partial charge in [-0.2, -0.15) is 12.3 Å². The summed E-state index contributed by atoms with van der Waals surface area (Å²) >= 11 is 0. The molecule has 0 amide bonds. The Morgan fingerprint density at radius 2 is 1.68 bits per heavy atom. The molecule has 1 aliphatic rings. The number of rotatable bonds is 2. The van der Waals surface area contributed by atoms with E-state index in [9.17, 15) is 9.59 Å². The molecule has 1 atom stereocenters. The first-order valence-corrected chi connectivity index (χ1v) is 6.00. The second kappa shape index (κ2) is 12.3. The molecule has 0 aromatic carbocycles. The van der Waals surface area contributed by atoms with Crippen LogP contribution < -0.4 is 48.4 Å². The van der Waals surface area contributed by atoms with Crippen molar-refractivity contribution in [3.05, 3.63) is 6.42 Å². The van der Waals surface area contributed by atoms with Crippen molar-refractivity contribution in [3.8, 4) is 0 Å². The topological polar surface area (TPSA) is 74.6 Å². The summed E-state index contributed by atoms with van der Waals surface area (Å²) in [4.78, 5) is 18.9. The standard InChI is InChI=1S/C10H19.C3H4O4.Li.Na.H/c1-10(2,3)9-7-5-4-6-8-9;4-2(5)1-3(6)7;;;/h7,9H,4-6,8H2,1-3H3;1H2,(H,4,5)(H,6,7);;;/q-1;;2*+1;-1. The molecule has 1 saturated carbocycles. The first-order chi connectivity index (χ1) is 7.73. The van der Waals surface area contributed by atoms with Gasteiger partial charge in [-0.15, -0.1) is 0 Å². The first-order valence-electron chi connectivity index (χ1n) is 6.00. The summed E-state index contributed by atoms with van der Waals surface area (Å²) in [6.07, 6.45) is 7.35. The maximum Gasteiger partial charge on any atom is 1.00 e. The Labute approximate surface area is 151 Å². The van der Waals surface area contributed by atoms with Crippen molar-refractivity contribution < 1.29 is 69.6 Å². The van der Waals surface area contributed by atoms with Crippen LogP contribution in [0.3, 0.4) is 0 Å². The van der Waals surface area contributed by atoms with Gasteiger partial charge in [0.25, 0.3) is 0 Å². The minimum Gasteiger partial charge on any atom is -1.00 e. The number of carbonyl (C=O) groups is 2. The van der Waals surface area contributed by atoms with E-state index in [0.29, 0.717) is 5.41 Å². The summed E-state index contributed by atoms with van der Waals surface area (Å²) in [5.74, 6) is -1.75. The fourth-order valence-electron chi connectivity index (χ4n) is 1.86. The van der Waals surface area contributed by atoms with Gasteiger partial charge < -0.3 is 18.1 Å². The fraction of sp³-hybridized carbons (Fsp3) is 0.769. The van der Waals surface area contributed by atoms with Crippen molar-refractivity contribution in [2.45, 2.75) is 52.9 Å². The van der Waals surface area contributed by atoms with Crippen LogP contribution in [-0.2, 0) is 9.59 Å². The summed E-state index contributed by atoms with van der Waals surface area (Å²) in [6, 6.07) is 0. The predicted octanol–water partition coefficient (Wildman–Crippen LogP) is -2.91. The summed E-state index contributed by atoms with van der Waals surface area (Å²) in [5, 5.41) is 15.4. The number of carboxylic acid groups (broad SMARTS) is 2. The molecule has 2 N–H and O–H groups in total. The van der Waals surface area contributed by atoms with Crippen LogP contribution in [0.2, 0.25) is 0 Å². The number of carboxylic acids is 2. The SMILES string of the molecule is CC(C)(C)C1[CH-]CCCC1.O=C(O)CC(=O)O.[H-].[Li+].[Na+]. The number of hydrogen-bond donors (Lipinski definition) is 2. The van der Waals surface area contributed by atoms with Crippen LogP contribution in [0.15, 0.2) is 0 Å². The van der Waals surface area contributed by atoms with E-state index in [0.717, 1.165) is 5.92 Å². The fourth-order valence-corrected chi connectivity index (χ4v) is 1.86. The van der Waals surface area contributed by atoms with Gasteiger partial charge in [0.05, 0.1) is 0 Å². The van der Waals surface area contributed by atoms with E-state index in [-0.39, 0.29) is 49.8 Å². The summed E-state index contributed by atoms with van der Waals surface area (Å²) in [6.45, 7) is 7.04. The molecule has 0 spiro atoms. The van der Waals surface area contributed by atoms with Gasteiger partial charge in [0.15, 0.2) is 0 Å². The van der Waals surface area contributed by atoms with Gasteiger partial charge >= 0.3 is 60.4 Å². The minimum atomic E-state index is -1.31. The van der Waals surface area contributed by atoms with Gasteiger partial charge in [0.2, 0.25) is 0 Å². The van der Waals surface area contributed by atoms with Crippen molar-refractivity contribution in [1.29, 1.82) is 0 Å². The van der Waals surface area contributed by atoms with Gasteiger partial charge in [-0.25, -0.2) is 0 Å². The van der Waals surface area contributed by atoms with E-state index >= 15 is 0 Å². The Morgan fingerprint density at radius 3 is 1.84 bits per heavy atom. The molecule has 0 saturated heterocycles. The molecule has 19 heavy (non-hydrogen) atoms. The first kappa shape index (κ1) is 24.5. The van der Waals surface area contributed by atoms with E-state index in [1.54, 1.807) is 0 Å². The Kier molecular flexibility index (Phi) is 15.9. The molecule has 4 nitrogen and oxygen atoms in total. The number of hydrogen-bond acceptors (Lipinski definition) is 2. The molecule has 0 aliphatic heterocycles. The summed E-state index contributed by atoms with van der Waals surface area (Å²) in [5.41, 5.74) is 0.514. The average Bonchev–Trinajstić information content (AvgIpc) is 2.16. The predicted molar refractivity (Wildman–Crippen MR) is 66.7 cm³/mol. The van der Waals surface area contributed by atoms with Gasteiger partial charge in [0.1, 0.15) is 6.42 Å². The van der Waals surface area contributed by atoms with E-state index in [1.807, 2.05) is 0 Å². The van der Waals surface area contributed by atoms with E-state index in [1.165, 1.54) is 25.7 Å². The van der Waals surface area contributed by atoms with Gasteiger partial charge in [-0.1, -0.05) is 45.4 Å². The maximum absolute atomic E-state index is 9.43. The van der Waals surface area contributed by atoms with Crippen molar-refractivity contribution in [3.63, 3.8) is 0 Å². The molecule has 0 aromatic heterocycles. The third kappa shape index (κ3) is 14.8. The zero-order chi connectivity index (χ0) is 13.5. The van der Waals surface area contributed by atoms with Crippen LogP contribution in [0.5, 0.6) is 0 Å². The molecule has 0 bridgehead atoms. The van der Waals surface area contributed by atoms with Gasteiger partial charge in [-0.05, 0) is 0 Å². The van der Waals surface area contributed by atoms with Crippen LogP contribution >= 0.6 is 0 Å². The second-order valence-corrected chi connectivity index (χ2v) is 5.46. The monoisotopic (exact) mass is 274 g/mol. The molecular weight excluding hydrogens is 250 g/mol. The molecule has 0 heterocycles. The Bertz CT molecular complexity index is 252. The van der Waals surface area contributed by atoms with Crippen molar-refractivity contribution in [1.82, 2.24) is 0 Å². The Balaban J connectivity index is -0.000000117. The zero-order valence-electron chi connectivity index (χ0n) is 13.9. The summed E-state index contributed by atoms with van der Waals surface area (Å²) < 4.78 is 0. The second-order valence-electron chi connectivity index (χ2n) is 5.46. The molecule has 1 aliphatic carbocycles. The molecule has 1 rings (SSSR count). The largest absolute Gasteiger partial charge is 1.00 e. The van der Waals surface area contributed by atoms with Crippen LogP contribution in [-0.4, -0.2) is 22.2 Å². The van der Waals surface area contributed by atoms with Gasteiger partial charge in [-0.3, -0.25) is 9.59 Å². The van der Waals surface area contributed by atoms with Crippen LogP contribution in [0, 0.1) is 17.8 Å². The zero-order valence-corrected chi connectivity index (χ0v) is 14.9. The van der Waals surface area contributed by atoms with Gasteiger partial charge in [0, 0.05) is 0 Å². The van der Waals surface area contributed by atoms with E-state index in [4.69, 9.17) is 10.2 Å². The van der Waals surface area contributed by atoms with Crippen LogP contribution in [0.1, 0.15) is 54.3 Å². The van der Waals surface area contributed by atoms with E-state index < -0.39 is 18.4 Å². The molecule has 1 unspecified atom stereocenters. The maximum atomic E-state index is 9.43. The van der Waals surface area contributed by atoms with E-state index in [2.05, 4.69) is 27.2 Å².